The maximum absolute atomic E-state index is 12.6. The fraction of sp³-hybridized carbons (Fsp3) is 0.192. The highest BCUT2D eigenvalue weighted by atomic mass is 35.5. The number of rotatable bonds is 6. The normalized spacial score (nSPS) is 16.5. The second kappa shape index (κ2) is 9.16. The van der Waals surface area contributed by atoms with E-state index in [2.05, 4.69) is 15.6 Å². The highest BCUT2D eigenvalue weighted by Gasteiger charge is 2.31. The number of aromatic nitrogens is 1. The molecule has 0 atom stereocenters. The molecule has 5 rings (SSSR count). The molecule has 0 aliphatic carbocycles. The summed E-state index contributed by atoms with van der Waals surface area (Å²) in [6, 6.07) is 12.0. The molecule has 8 heteroatoms. The van der Waals surface area contributed by atoms with Gasteiger partial charge in [0.1, 0.15) is 11.6 Å². The van der Waals surface area contributed by atoms with Gasteiger partial charge in [0.05, 0.1) is 12.2 Å². The molecule has 3 heterocycles. The number of carbonyl (C=O) groups is 1. The summed E-state index contributed by atoms with van der Waals surface area (Å²) in [5.74, 6) is 0.590. The first kappa shape index (κ1) is 22.5. The number of aryl methyl sites for hydroxylation is 3. The zero-order valence-electron chi connectivity index (χ0n) is 18.8. The van der Waals surface area contributed by atoms with Gasteiger partial charge in [0.15, 0.2) is 5.17 Å². The van der Waals surface area contributed by atoms with Crippen LogP contribution in [0.15, 0.2) is 64.8 Å². The third kappa shape index (κ3) is 4.17. The molecule has 6 nitrogen and oxygen atoms in total. The van der Waals surface area contributed by atoms with E-state index in [1.807, 2.05) is 55.8 Å². The first-order valence-electron chi connectivity index (χ1n) is 11.0. The van der Waals surface area contributed by atoms with Crippen LogP contribution < -0.4 is 4.74 Å². The summed E-state index contributed by atoms with van der Waals surface area (Å²) in [6.07, 6.45) is 6.38. The first-order chi connectivity index (χ1) is 16.4. The van der Waals surface area contributed by atoms with Crippen molar-refractivity contribution in [1.82, 2.24) is 9.47 Å². The molecule has 2 aromatic carbocycles. The minimum absolute atomic E-state index is 0.148. The Kier molecular flexibility index (Phi) is 6.06. The van der Waals surface area contributed by atoms with Gasteiger partial charge in [-0.05, 0) is 61.1 Å². The van der Waals surface area contributed by atoms with E-state index in [9.17, 15) is 4.79 Å². The number of ether oxygens (including phenoxy) is 1. The summed E-state index contributed by atoms with van der Waals surface area (Å²) in [6.45, 7) is 5.29. The molecule has 0 unspecified atom stereocenters. The Balaban J connectivity index is 1.35. The number of carbonyl (C=O) groups excluding carboxylic acids is 1. The molecular weight excluding hydrogens is 468 g/mol. The number of benzene rings is 2. The molecule has 0 bridgehead atoms. The van der Waals surface area contributed by atoms with Crippen molar-refractivity contribution in [1.29, 1.82) is 5.41 Å². The number of thioether (sulfide) groups is 1. The van der Waals surface area contributed by atoms with Crippen LogP contribution in [0, 0.1) is 19.3 Å². The summed E-state index contributed by atoms with van der Waals surface area (Å²) < 4.78 is 8.14. The Morgan fingerprint density at radius 2 is 1.97 bits per heavy atom. The van der Waals surface area contributed by atoms with Gasteiger partial charge in [0, 0.05) is 40.4 Å². The lowest BCUT2D eigenvalue weighted by atomic mass is 10.1. The number of hydrogen-bond acceptors (Lipinski definition) is 4. The first-order valence-corrected chi connectivity index (χ1v) is 12.2. The summed E-state index contributed by atoms with van der Waals surface area (Å²) in [7, 11) is 0. The lowest BCUT2D eigenvalue weighted by Gasteiger charge is -2.22. The van der Waals surface area contributed by atoms with E-state index in [1.54, 1.807) is 17.2 Å². The Bertz CT molecular complexity index is 1400. The van der Waals surface area contributed by atoms with Crippen molar-refractivity contribution < 1.29 is 9.53 Å². The molecule has 2 aliphatic heterocycles. The molecule has 34 heavy (non-hydrogen) atoms. The predicted molar refractivity (Wildman–Crippen MR) is 140 cm³/mol. The Morgan fingerprint density at radius 3 is 2.76 bits per heavy atom. The van der Waals surface area contributed by atoms with Crippen LogP contribution in [0.3, 0.4) is 0 Å². The zero-order valence-corrected chi connectivity index (χ0v) is 20.4. The van der Waals surface area contributed by atoms with E-state index in [-0.39, 0.29) is 17.3 Å². The number of halogens is 1. The van der Waals surface area contributed by atoms with Gasteiger partial charge >= 0.3 is 0 Å². The quantitative estimate of drug-likeness (QED) is 0.332. The van der Waals surface area contributed by atoms with Gasteiger partial charge in [-0.2, -0.15) is 4.99 Å². The number of para-hydroxylation sites is 1. The number of fused-ring (bicyclic) bond motifs is 2. The number of aliphatic imine (C=N–C) groups is 1. The molecule has 2 aliphatic rings. The fourth-order valence-electron chi connectivity index (χ4n) is 4.18. The van der Waals surface area contributed by atoms with Crippen LogP contribution in [0.25, 0.3) is 17.0 Å². The average Bonchev–Trinajstić information content (AvgIpc) is 3.43. The molecular formula is C26H23ClN4O2S. The Labute approximate surface area is 207 Å². The van der Waals surface area contributed by atoms with Crippen LogP contribution in [0.1, 0.15) is 23.1 Å². The van der Waals surface area contributed by atoms with Crippen molar-refractivity contribution in [3.63, 3.8) is 0 Å². The maximum atomic E-state index is 12.6. The lowest BCUT2D eigenvalue weighted by Crippen LogP contribution is -2.35. The smallest absolute Gasteiger partial charge is 0.283 e. The standard InChI is InChI=1S/C26H23ClN4O2S/c1-16-12-19(13-17(2)23(16)27)33-10-5-8-30-15-18(20-6-3-4-7-22(20)30)14-21-24(28)31-9-11-34-26(31)29-25(21)32/h3-4,6-7,9,11-15,28H,5,8,10H2,1-2H3/b21-14-,28-24?. The SMILES string of the molecule is Cc1cc(OCCCn2cc(/C=C3/C(=N)N4C=CSC4=NC3=O)c3ccccc32)cc(C)c1Cl. The van der Waals surface area contributed by atoms with Crippen LogP contribution in [0.5, 0.6) is 5.75 Å². The maximum Gasteiger partial charge on any atom is 0.283 e. The van der Waals surface area contributed by atoms with Gasteiger partial charge in [-0.15, -0.1) is 0 Å². The largest absolute Gasteiger partial charge is 0.494 e. The fourth-order valence-corrected chi connectivity index (χ4v) is 4.99. The molecule has 1 aromatic heterocycles. The third-order valence-electron chi connectivity index (χ3n) is 5.85. The number of nitrogens with zero attached hydrogens (tertiary/aromatic N) is 3. The molecule has 1 N–H and O–H groups in total. The van der Waals surface area contributed by atoms with Gasteiger partial charge < -0.3 is 9.30 Å². The monoisotopic (exact) mass is 490 g/mol. The average molecular weight is 491 g/mol. The number of amidine groups is 2. The van der Waals surface area contributed by atoms with Crippen molar-refractivity contribution >= 4 is 57.3 Å². The van der Waals surface area contributed by atoms with Crippen molar-refractivity contribution in [3.05, 3.63) is 81.5 Å². The van der Waals surface area contributed by atoms with Gasteiger partial charge in [0.2, 0.25) is 0 Å². The predicted octanol–water partition coefficient (Wildman–Crippen LogP) is 6.16. The van der Waals surface area contributed by atoms with Crippen molar-refractivity contribution in [2.75, 3.05) is 6.61 Å². The van der Waals surface area contributed by atoms with Gasteiger partial charge in [-0.1, -0.05) is 41.6 Å². The molecule has 0 radical (unpaired) electrons. The van der Waals surface area contributed by atoms with Crippen LogP contribution >= 0.6 is 23.4 Å². The van der Waals surface area contributed by atoms with E-state index in [0.717, 1.165) is 51.3 Å². The highest BCUT2D eigenvalue weighted by molar-refractivity contribution is 8.16. The van der Waals surface area contributed by atoms with Crippen molar-refractivity contribution in [3.8, 4) is 5.75 Å². The second-order valence-electron chi connectivity index (χ2n) is 8.25. The molecule has 0 saturated heterocycles. The number of nitrogens with one attached hydrogen (secondary N) is 1. The van der Waals surface area contributed by atoms with Gasteiger partial charge in [-0.3, -0.25) is 15.1 Å². The third-order valence-corrected chi connectivity index (χ3v) is 7.21. The minimum Gasteiger partial charge on any atom is -0.494 e. The molecule has 1 amide bonds. The van der Waals surface area contributed by atoms with E-state index < -0.39 is 0 Å². The van der Waals surface area contributed by atoms with Crippen molar-refractivity contribution in [2.24, 2.45) is 4.99 Å². The van der Waals surface area contributed by atoms with Crippen LogP contribution in [-0.2, 0) is 11.3 Å². The molecule has 3 aromatic rings. The Morgan fingerprint density at radius 1 is 1.21 bits per heavy atom. The highest BCUT2D eigenvalue weighted by Crippen LogP contribution is 2.30. The lowest BCUT2D eigenvalue weighted by molar-refractivity contribution is -0.114. The number of amides is 1. The Hall–Kier alpha value is -3.29. The van der Waals surface area contributed by atoms with E-state index in [4.69, 9.17) is 21.7 Å². The minimum atomic E-state index is -0.383. The number of hydrogen-bond donors (Lipinski definition) is 1. The molecule has 0 spiro atoms. The summed E-state index contributed by atoms with van der Waals surface area (Å²) in [4.78, 5) is 18.4. The zero-order chi connectivity index (χ0) is 23.8. The van der Waals surface area contributed by atoms with Crippen molar-refractivity contribution in [2.45, 2.75) is 26.8 Å². The topological polar surface area (TPSA) is 70.7 Å². The van der Waals surface area contributed by atoms with Crippen LogP contribution in [0.2, 0.25) is 5.02 Å². The second-order valence-corrected chi connectivity index (χ2v) is 9.50. The molecule has 0 fully saturated rings. The molecule has 0 saturated carbocycles. The molecule has 172 valence electrons. The van der Waals surface area contributed by atoms with Gasteiger partial charge in [0.25, 0.3) is 5.91 Å². The summed E-state index contributed by atoms with van der Waals surface area (Å²) in [5, 5.41) is 12.6. The van der Waals surface area contributed by atoms with E-state index >= 15 is 0 Å². The van der Waals surface area contributed by atoms with Crippen LogP contribution in [-0.4, -0.2) is 33.0 Å². The summed E-state index contributed by atoms with van der Waals surface area (Å²) >= 11 is 7.60. The van der Waals surface area contributed by atoms with E-state index in [1.165, 1.54) is 11.8 Å². The summed E-state index contributed by atoms with van der Waals surface area (Å²) in [5.41, 5.74) is 4.27. The van der Waals surface area contributed by atoms with E-state index in [0.29, 0.717) is 11.8 Å². The van der Waals surface area contributed by atoms with Crippen LogP contribution in [0.4, 0.5) is 0 Å². The van der Waals surface area contributed by atoms with Gasteiger partial charge in [-0.25, -0.2) is 0 Å².